The van der Waals surface area contributed by atoms with Crippen molar-refractivity contribution in [2.45, 2.75) is 0 Å². The van der Waals surface area contributed by atoms with Crippen molar-refractivity contribution in [3.05, 3.63) is 50.2 Å². The van der Waals surface area contributed by atoms with Crippen LogP contribution >= 0.6 is 0 Å². The van der Waals surface area contributed by atoms with Crippen molar-refractivity contribution in [2.24, 2.45) is 0 Å². The maximum Gasteiger partial charge on any atom is 0.299 e. The number of nitro benzene ring substituents is 2. The van der Waals surface area contributed by atoms with Crippen molar-refractivity contribution in [3.8, 4) is 12.1 Å². The molecule has 0 heterocycles. The molecule has 0 atom stereocenters. The molecule has 0 radical (unpaired) electrons. The van der Waals surface area contributed by atoms with Gasteiger partial charge in [-0.25, -0.2) is 0 Å². The van der Waals surface area contributed by atoms with E-state index in [1.807, 2.05) is 0 Å². The summed E-state index contributed by atoms with van der Waals surface area (Å²) in [6, 6.07) is 6.34. The second-order valence-electron chi connectivity index (χ2n) is 3.11. The molecule has 1 rings (SSSR count). The van der Waals surface area contributed by atoms with Crippen LogP contribution in [0.2, 0.25) is 0 Å². The Morgan fingerprint density at radius 1 is 1.16 bits per heavy atom. The van der Waals surface area contributed by atoms with Gasteiger partial charge in [0.1, 0.15) is 17.7 Å². The van der Waals surface area contributed by atoms with Crippen LogP contribution in [0.3, 0.4) is 0 Å². The highest BCUT2D eigenvalue weighted by Crippen LogP contribution is 2.33. The van der Waals surface area contributed by atoms with Gasteiger partial charge in [0.2, 0.25) is 0 Å². The second-order valence-corrected chi connectivity index (χ2v) is 3.11. The summed E-state index contributed by atoms with van der Waals surface area (Å²) < 4.78 is 0. The number of hydrogen-bond acceptors (Lipinski definition) is 7. The number of para-hydroxylation sites is 1. The molecule has 0 saturated heterocycles. The molecule has 19 heavy (non-hydrogen) atoms. The largest absolute Gasteiger partial charge is 0.349 e. The Labute approximate surface area is 106 Å². The fourth-order valence-electron chi connectivity index (χ4n) is 1.21. The second kappa shape index (κ2) is 5.75. The van der Waals surface area contributed by atoms with Crippen LogP contribution in [-0.2, 0) is 0 Å². The minimum Gasteiger partial charge on any atom is -0.349 e. The molecular formula is C10H5N5O4. The maximum atomic E-state index is 10.8. The lowest BCUT2D eigenvalue weighted by Gasteiger charge is -2.03. The quantitative estimate of drug-likeness (QED) is 0.492. The molecule has 0 aliphatic carbocycles. The predicted octanol–water partition coefficient (Wildman–Crippen LogP) is 1.85. The topological polar surface area (TPSA) is 146 Å². The van der Waals surface area contributed by atoms with E-state index in [2.05, 4.69) is 5.32 Å². The molecule has 1 N–H and O–H groups in total. The minimum absolute atomic E-state index is 0.368. The van der Waals surface area contributed by atoms with Crippen LogP contribution in [-0.4, -0.2) is 9.85 Å². The van der Waals surface area contributed by atoms with Gasteiger partial charge >= 0.3 is 0 Å². The van der Waals surface area contributed by atoms with E-state index in [1.54, 1.807) is 0 Å². The van der Waals surface area contributed by atoms with Gasteiger partial charge in [-0.2, -0.15) is 10.5 Å². The molecule has 1 aromatic carbocycles. The number of benzene rings is 1. The van der Waals surface area contributed by atoms with Crippen LogP contribution in [0.1, 0.15) is 0 Å². The summed E-state index contributed by atoms with van der Waals surface area (Å²) in [5.41, 5.74) is -1.81. The van der Waals surface area contributed by atoms with Crippen molar-refractivity contribution < 1.29 is 9.85 Å². The Kier molecular flexibility index (Phi) is 4.11. The first-order valence-electron chi connectivity index (χ1n) is 4.70. The Bertz CT molecular complexity index is 605. The van der Waals surface area contributed by atoms with Gasteiger partial charge in [-0.05, 0) is 6.07 Å². The van der Waals surface area contributed by atoms with Crippen molar-refractivity contribution in [3.63, 3.8) is 0 Å². The number of nitro groups is 2. The molecule has 0 spiro atoms. The third-order valence-corrected chi connectivity index (χ3v) is 2.02. The van der Waals surface area contributed by atoms with E-state index >= 15 is 0 Å². The van der Waals surface area contributed by atoms with E-state index in [-0.39, 0.29) is 11.3 Å². The molecule has 9 heteroatoms. The van der Waals surface area contributed by atoms with Crippen LogP contribution in [0.4, 0.5) is 17.1 Å². The number of hydrogen-bond donors (Lipinski definition) is 1. The molecule has 1 aromatic rings. The van der Waals surface area contributed by atoms with E-state index in [0.717, 1.165) is 18.3 Å². The summed E-state index contributed by atoms with van der Waals surface area (Å²) in [6.45, 7) is 0. The van der Waals surface area contributed by atoms with E-state index in [1.165, 1.54) is 18.2 Å². The number of anilines is 1. The summed E-state index contributed by atoms with van der Waals surface area (Å²) in [4.78, 5) is 19.9. The zero-order valence-electron chi connectivity index (χ0n) is 9.23. The smallest absolute Gasteiger partial charge is 0.299 e. The fraction of sp³-hybridized carbons (Fsp3) is 0. The van der Waals surface area contributed by atoms with Gasteiger partial charge in [0.05, 0.1) is 9.85 Å². The number of nitriles is 2. The highest BCUT2D eigenvalue weighted by Gasteiger charge is 2.23. The Morgan fingerprint density at radius 2 is 1.63 bits per heavy atom. The van der Waals surface area contributed by atoms with Crippen LogP contribution in [0.15, 0.2) is 30.0 Å². The molecule has 0 aliphatic heterocycles. The first-order chi connectivity index (χ1) is 9.01. The normalized spacial score (nSPS) is 8.74. The average molecular weight is 259 g/mol. The summed E-state index contributed by atoms with van der Waals surface area (Å²) in [5, 5.41) is 40.8. The van der Waals surface area contributed by atoms with E-state index in [0.29, 0.717) is 0 Å². The molecule has 0 amide bonds. The van der Waals surface area contributed by atoms with Crippen LogP contribution < -0.4 is 5.32 Å². The predicted molar refractivity (Wildman–Crippen MR) is 62.7 cm³/mol. The van der Waals surface area contributed by atoms with Gasteiger partial charge < -0.3 is 5.32 Å². The average Bonchev–Trinajstić information content (AvgIpc) is 2.39. The van der Waals surface area contributed by atoms with Gasteiger partial charge in [0.25, 0.3) is 11.4 Å². The maximum absolute atomic E-state index is 10.8. The molecule has 0 aliphatic rings. The van der Waals surface area contributed by atoms with Gasteiger partial charge in [-0.15, -0.1) is 0 Å². The standard InChI is InChI=1S/C10H5N5O4/c11-4-7(5-12)6-13-10-8(14(16)17)2-1-3-9(10)15(18)19/h1-3,6,13H. The van der Waals surface area contributed by atoms with Crippen LogP contribution in [0.5, 0.6) is 0 Å². The van der Waals surface area contributed by atoms with Crippen molar-refractivity contribution >= 4 is 17.1 Å². The third kappa shape index (κ3) is 3.01. The Hall–Kier alpha value is -3.46. The first kappa shape index (κ1) is 13.6. The van der Waals surface area contributed by atoms with Crippen LogP contribution in [0, 0.1) is 42.9 Å². The summed E-state index contributed by atoms with van der Waals surface area (Å²) >= 11 is 0. The molecular weight excluding hydrogens is 254 g/mol. The lowest BCUT2D eigenvalue weighted by molar-refractivity contribution is -0.392. The zero-order valence-corrected chi connectivity index (χ0v) is 9.23. The zero-order chi connectivity index (χ0) is 14.4. The van der Waals surface area contributed by atoms with Gasteiger partial charge in [-0.3, -0.25) is 20.2 Å². The monoisotopic (exact) mass is 259 g/mol. The highest BCUT2D eigenvalue weighted by molar-refractivity contribution is 5.74. The Balaban J connectivity index is 3.36. The van der Waals surface area contributed by atoms with Gasteiger partial charge in [-0.1, -0.05) is 0 Å². The van der Waals surface area contributed by atoms with Gasteiger partial charge in [0.15, 0.2) is 5.69 Å². The SMILES string of the molecule is N#CC(C#N)=CNc1c([N+](=O)[O-])cccc1[N+](=O)[O-]. The summed E-state index contributed by atoms with van der Waals surface area (Å²) in [5.74, 6) is 0. The Morgan fingerprint density at radius 3 is 2.00 bits per heavy atom. The number of rotatable bonds is 4. The van der Waals surface area contributed by atoms with Crippen LogP contribution in [0.25, 0.3) is 0 Å². The number of nitrogens with one attached hydrogen (secondary N) is 1. The number of nitrogens with zero attached hydrogens (tertiary/aromatic N) is 4. The lowest BCUT2D eigenvalue weighted by atomic mass is 10.2. The first-order valence-corrected chi connectivity index (χ1v) is 4.70. The number of allylic oxidation sites excluding steroid dienone is 1. The van der Waals surface area contributed by atoms with E-state index in [9.17, 15) is 20.2 Å². The molecule has 0 saturated carbocycles. The van der Waals surface area contributed by atoms with Crippen molar-refractivity contribution in [1.82, 2.24) is 0 Å². The van der Waals surface area contributed by atoms with E-state index < -0.39 is 21.2 Å². The summed E-state index contributed by atoms with van der Waals surface area (Å²) in [7, 11) is 0. The molecule has 0 bridgehead atoms. The molecule has 94 valence electrons. The molecule has 0 unspecified atom stereocenters. The highest BCUT2D eigenvalue weighted by atomic mass is 16.6. The molecule has 0 aromatic heterocycles. The van der Waals surface area contributed by atoms with Gasteiger partial charge in [0, 0.05) is 18.3 Å². The molecule has 9 nitrogen and oxygen atoms in total. The molecule has 0 fully saturated rings. The minimum atomic E-state index is -0.804. The lowest BCUT2D eigenvalue weighted by Crippen LogP contribution is -2.01. The van der Waals surface area contributed by atoms with Crippen molar-refractivity contribution in [1.29, 1.82) is 10.5 Å². The van der Waals surface area contributed by atoms with Crippen molar-refractivity contribution in [2.75, 3.05) is 5.32 Å². The summed E-state index contributed by atoms with van der Waals surface area (Å²) in [6.07, 6.45) is 0.870. The van der Waals surface area contributed by atoms with E-state index in [4.69, 9.17) is 10.5 Å². The fourth-order valence-corrected chi connectivity index (χ4v) is 1.21. The third-order valence-electron chi connectivity index (χ3n) is 2.02.